The van der Waals surface area contributed by atoms with Gasteiger partial charge in [0.2, 0.25) is 5.75 Å². The molecule has 1 aliphatic rings. The van der Waals surface area contributed by atoms with Crippen molar-refractivity contribution < 1.29 is 50.4 Å². The summed E-state index contributed by atoms with van der Waals surface area (Å²) in [4.78, 5) is 12.2. The van der Waals surface area contributed by atoms with Crippen LogP contribution >= 0.6 is 0 Å². The minimum atomic E-state index is -1.57. The maximum absolute atomic E-state index is 12.2. The number of aromatic hydroxyl groups is 7. The lowest BCUT2D eigenvalue weighted by Crippen LogP contribution is -2.22. The molecular formula is C22H18O10. The highest BCUT2D eigenvalue weighted by Crippen LogP contribution is 2.53. The van der Waals surface area contributed by atoms with Crippen molar-refractivity contribution in [3.63, 3.8) is 0 Å². The molecule has 0 fully saturated rings. The van der Waals surface area contributed by atoms with E-state index in [0.29, 0.717) is 11.3 Å². The Morgan fingerprint density at radius 1 is 0.844 bits per heavy atom. The van der Waals surface area contributed by atoms with Crippen molar-refractivity contribution in [1.29, 1.82) is 0 Å². The number of rotatable bonds is 3. The quantitative estimate of drug-likeness (QED) is 0.280. The molecule has 1 heterocycles. The van der Waals surface area contributed by atoms with Crippen molar-refractivity contribution in [3.05, 3.63) is 47.0 Å². The van der Waals surface area contributed by atoms with Crippen molar-refractivity contribution in [3.8, 4) is 57.1 Å². The van der Waals surface area contributed by atoms with Crippen LogP contribution in [0.2, 0.25) is 0 Å². The van der Waals surface area contributed by atoms with Crippen LogP contribution in [0.5, 0.6) is 46.0 Å². The third-order valence-corrected chi connectivity index (χ3v) is 5.40. The molecule has 0 saturated carbocycles. The van der Waals surface area contributed by atoms with Gasteiger partial charge in [-0.25, -0.2) is 4.79 Å². The van der Waals surface area contributed by atoms with Gasteiger partial charge in [-0.3, -0.25) is 0 Å². The number of aromatic carboxylic acids is 1. The van der Waals surface area contributed by atoms with Crippen LogP contribution in [0.4, 0.5) is 0 Å². The Morgan fingerprint density at radius 3 is 2.12 bits per heavy atom. The molecule has 1 atom stereocenters. The SMILES string of the molecule is O=C(O)c1c(-c2cc(O)c(O)c(O)c2)c(O)c(O)c(O)c1C1COc2cc(O)ccc2C1. The zero-order chi connectivity index (χ0) is 23.3. The fraction of sp³-hybridized carbons (Fsp3) is 0.136. The summed E-state index contributed by atoms with van der Waals surface area (Å²) in [5, 5.41) is 80.2. The fourth-order valence-electron chi connectivity index (χ4n) is 3.93. The van der Waals surface area contributed by atoms with Crippen LogP contribution in [-0.4, -0.2) is 53.4 Å². The highest BCUT2D eigenvalue weighted by Gasteiger charge is 2.35. The monoisotopic (exact) mass is 442 g/mol. The number of benzene rings is 3. The molecule has 0 bridgehead atoms. The van der Waals surface area contributed by atoms with Crippen molar-refractivity contribution in [2.45, 2.75) is 12.3 Å². The molecule has 0 saturated heterocycles. The Bertz CT molecular complexity index is 1240. The molecule has 166 valence electrons. The topological polar surface area (TPSA) is 188 Å². The van der Waals surface area contributed by atoms with Crippen molar-refractivity contribution in [2.24, 2.45) is 0 Å². The second kappa shape index (κ2) is 7.34. The molecule has 0 radical (unpaired) electrons. The minimum Gasteiger partial charge on any atom is -0.508 e. The molecule has 8 N–H and O–H groups in total. The number of ether oxygens (including phenoxy) is 1. The number of phenols is 7. The average molecular weight is 442 g/mol. The molecule has 3 aromatic carbocycles. The van der Waals surface area contributed by atoms with Gasteiger partial charge in [-0.15, -0.1) is 0 Å². The third kappa shape index (κ3) is 3.18. The summed E-state index contributed by atoms with van der Waals surface area (Å²) < 4.78 is 5.61. The predicted molar refractivity (Wildman–Crippen MR) is 109 cm³/mol. The second-order valence-electron chi connectivity index (χ2n) is 7.38. The van der Waals surface area contributed by atoms with Crippen LogP contribution in [0.15, 0.2) is 30.3 Å². The highest BCUT2D eigenvalue weighted by atomic mass is 16.5. The molecule has 10 nitrogen and oxygen atoms in total. The number of hydrogen-bond donors (Lipinski definition) is 8. The number of phenolic OH excluding ortho intramolecular Hbond substituents is 7. The van der Waals surface area contributed by atoms with Crippen molar-refractivity contribution >= 4 is 5.97 Å². The average Bonchev–Trinajstić information content (AvgIpc) is 2.74. The summed E-state index contributed by atoms with van der Waals surface area (Å²) in [6, 6.07) is 6.18. The predicted octanol–water partition coefficient (Wildman–Crippen LogP) is 2.71. The number of carboxylic acid groups (broad SMARTS) is 1. The van der Waals surface area contributed by atoms with E-state index >= 15 is 0 Å². The molecule has 3 aromatic rings. The van der Waals surface area contributed by atoms with E-state index in [1.54, 1.807) is 6.07 Å². The number of carbonyl (C=O) groups is 1. The van der Waals surface area contributed by atoms with Crippen LogP contribution in [0.1, 0.15) is 27.4 Å². The Morgan fingerprint density at radius 2 is 1.50 bits per heavy atom. The lowest BCUT2D eigenvalue weighted by atomic mass is 9.83. The molecule has 1 aliphatic heterocycles. The van der Waals surface area contributed by atoms with E-state index in [4.69, 9.17) is 4.74 Å². The first kappa shape index (κ1) is 20.8. The number of fused-ring (bicyclic) bond motifs is 1. The standard InChI is InChI=1S/C22H18O10/c23-11-2-1-8-3-10(7-32-14(8)6-11)16-17(22(30)31)15(19(27)21(29)20(16)28)9-4-12(24)18(26)13(25)5-9/h1-2,4-6,10,23-29H,3,7H2,(H,30,31). The summed E-state index contributed by atoms with van der Waals surface area (Å²) in [6.07, 6.45) is 0.180. The van der Waals surface area contributed by atoms with E-state index < -0.39 is 57.5 Å². The first-order valence-corrected chi connectivity index (χ1v) is 9.34. The van der Waals surface area contributed by atoms with E-state index in [9.17, 15) is 45.6 Å². The highest BCUT2D eigenvalue weighted by molar-refractivity contribution is 6.02. The molecule has 0 amide bonds. The summed E-state index contributed by atoms with van der Waals surface area (Å²) in [5.41, 5.74) is -0.910. The number of carboxylic acids is 1. The van der Waals surface area contributed by atoms with E-state index in [-0.39, 0.29) is 29.9 Å². The van der Waals surface area contributed by atoms with Crippen LogP contribution in [0.25, 0.3) is 11.1 Å². The van der Waals surface area contributed by atoms with Crippen molar-refractivity contribution in [1.82, 2.24) is 0 Å². The largest absolute Gasteiger partial charge is 0.508 e. The number of hydrogen-bond acceptors (Lipinski definition) is 9. The zero-order valence-corrected chi connectivity index (χ0v) is 16.3. The van der Waals surface area contributed by atoms with E-state index in [1.807, 2.05) is 0 Å². The molecule has 1 unspecified atom stereocenters. The molecule has 4 rings (SSSR count). The smallest absolute Gasteiger partial charge is 0.336 e. The minimum absolute atomic E-state index is 0.0206. The lowest BCUT2D eigenvalue weighted by Gasteiger charge is -2.28. The summed E-state index contributed by atoms with van der Waals surface area (Å²) in [6.45, 7) is -0.111. The van der Waals surface area contributed by atoms with Gasteiger partial charge in [0.05, 0.1) is 12.2 Å². The van der Waals surface area contributed by atoms with Gasteiger partial charge in [0.1, 0.15) is 11.5 Å². The Labute approximate surface area is 180 Å². The third-order valence-electron chi connectivity index (χ3n) is 5.40. The molecule has 0 aromatic heterocycles. The molecule has 32 heavy (non-hydrogen) atoms. The van der Waals surface area contributed by atoms with E-state index in [2.05, 4.69) is 0 Å². The van der Waals surface area contributed by atoms with Crippen LogP contribution in [0, 0.1) is 0 Å². The zero-order valence-electron chi connectivity index (χ0n) is 16.3. The van der Waals surface area contributed by atoms with Gasteiger partial charge in [-0.05, 0) is 35.7 Å². The van der Waals surface area contributed by atoms with E-state index in [0.717, 1.165) is 12.1 Å². The van der Waals surface area contributed by atoms with Crippen LogP contribution < -0.4 is 4.74 Å². The van der Waals surface area contributed by atoms with Crippen molar-refractivity contribution in [2.75, 3.05) is 6.61 Å². The van der Waals surface area contributed by atoms with Gasteiger partial charge >= 0.3 is 5.97 Å². The van der Waals surface area contributed by atoms with Gasteiger partial charge in [0.25, 0.3) is 0 Å². The first-order valence-electron chi connectivity index (χ1n) is 9.34. The molecule has 10 heteroatoms. The van der Waals surface area contributed by atoms with Gasteiger partial charge in [0, 0.05) is 23.1 Å². The molecular weight excluding hydrogens is 424 g/mol. The van der Waals surface area contributed by atoms with Crippen LogP contribution in [-0.2, 0) is 6.42 Å². The first-order chi connectivity index (χ1) is 15.1. The maximum atomic E-state index is 12.2. The Balaban J connectivity index is 1.96. The maximum Gasteiger partial charge on any atom is 0.336 e. The van der Waals surface area contributed by atoms with E-state index in [1.165, 1.54) is 12.1 Å². The lowest BCUT2D eigenvalue weighted by molar-refractivity contribution is 0.0694. The second-order valence-corrected chi connectivity index (χ2v) is 7.38. The van der Waals surface area contributed by atoms with Gasteiger partial charge in [-0.2, -0.15) is 0 Å². The van der Waals surface area contributed by atoms with Gasteiger partial charge in [0.15, 0.2) is 28.7 Å². The molecule has 0 aliphatic carbocycles. The van der Waals surface area contributed by atoms with Crippen LogP contribution in [0.3, 0.4) is 0 Å². The fourth-order valence-corrected chi connectivity index (χ4v) is 3.93. The summed E-state index contributed by atoms with van der Waals surface area (Å²) >= 11 is 0. The summed E-state index contributed by atoms with van der Waals surface area (Å²) in [5.74, 6) is -7.26. The summed E-state index contributed by atoms with van der Waals surface area (Å²) in [7, 11) is 0. The Kier molecular flexibility index (Phi) is 4.77. The normalized spacial score (nSPS) is 15.1. The van der Waals surface area contributed by atoms with Gasteiger partial charge in [-0.1, -0.05) is 6.07 Å². The molecule has 0 spiro atoms. The van der Waals surface area contributed by atoms with Gasteiger partial charge < -0.3 is 45.6 Å². The Hall–Kier alpha value is -4.47.